The Hall–Kier alpha value is -2.65. The van der Waals surface area contributed by atoms with E-state index in [1.807, 2.05) is 0 Å². The lowest BCUT2D eigenvalue weighted by Gasteiger charge is -2.21. The minimum atomic E-state index is -5.47. The van der Waals surface area contributed by atoms with Gasteiger partial charge in [0.15, 0.2) is 34.9 Å². The molecule has 34 heavy (non-hydrogen) atoms. The average Bonchev–Trinajstić information content (AvgIpc) is 2.81. The predicted molar refractivity (Wildman–Crippen MR) is 97.7 cm³/mol. The summed E-state index contributed by atoms with van der Waals surface area (Å²) >= 11 is -5.47. The summed E-state index contributed by atoms with van der Waals surface area (Å²) in [6, 6.07) is 0. The monoisotopic (exact) mass is 516 g/mol. The molecule has 0 aliphatic heterocycles. The molecular formula is C21H9AlF12. The standard InChI is InChI=1S/3C7H3F4.Al/c3*1-3-6(10)4(8)2-5(9)7(3)11;/h3*1H3;. The van der Waals surface area contributed by atoms with Gasteiger partial charge in [0.25, 0.3) is 0 Å². The van der Waals surface area contributed by atoms with E-state index >= 15 is 0 Å². The first-order chi connectivity index (χ1) is 15.7. The van der Waals surface area contributed by atoms with Crippen molar-refractivity contribution in [2.24, 2.45) is 0 Å². The highest BCUT2D eigenvalue weighted by molar-refractivity contribution is 6.95. The molecule has 0 heterocycles. The van der Waals surface area contributed by atoms with Crippen LogP contribution in [-0.4, -0.2) is 14.1 Å². The zero-order valence-electron chi connectivity index (χ0n) is 17.1. The molecule has 0 amide bonds. The van der Waals surface area contributed by atoms with Crippen LogP contribution in [0.15, 0.2) is 0 Å². The molecule has 0 aromatic heterocycles. The number of rotatable bonds is 3. The lowest BCUT2D eigenvalue weighted by molar-refractivity contribution is 0.447. The van der Waals surface area contributed by atoms with Gasteiger partial charge in [-0.1, -0.05) is 0 Å². The van der Waals surface area contributed by atoms with Gasteiger partial charge >= 0.3 is 14.1 Å². The zero-order chi connectivity index (χ0) is 26.0. The first-order valence-electron chi connectivity index (χ1n) is 9.13. The van der Waals surface area contributed by atoms with Crippen molar-refractivity contribution in [2.75, 3.05) is 0 Å². The van der Waals surface area contributed by atoms with Crippen LogP contribution in [0.25, 0.3) is 0 Å². The van der Waals surface area contributed by atoms with Gasteiger partial charge in [-0.3, -0.25) is 0 Å². The summed E-state index contributed by atoms with van der Waals surface area (Å²) in [7, 11) is 0. The maximum absolute atomic E-state index is 14.8. The van der Waals surface area contributed by atoms with Crippen LogP contribution in [0.3, 0.4) is 0 Å². The molecule has 0 nitrogen and oxygen atoms in total. The minimum Gasteiger partial charge on any atom is -0.205 e. The van der Waals surface area contributed by atoms with Crippen molar-refractivity contribution in [1.82, 2.24) is 0 Å². The Labute approximate surface area is 187 Å². The van der Waals surface area contributed by atoms with Crippen molar-refractivity contribution in [2.45, 2.75) is 20.8 Å². The summed E-state index contributed by atoms with van der Waals surface area (Å²) in [6.07, 6.45) is 0. The first kappa shape index (κ1) is 26.0. The molecule has 0 atom stereocenters. The molecule has 0 saturated carbocycles. The summed E-state index contributed by atoms with van der Waals surface area (Å²) in [6.45, 7) is 1.61. The van der Waals surface area contributed by atoms with Crippen LogP contribution in [0.5, 0.6) is 0 Å². The Morgan fingerprint density at radius 1 is 0.294 bits per heavy atom. The highest BCUT2D eigenvalue weighted by Gasteiger charge is 2.45. The number of benzene rings is 3. The van der Waals surface area contributed by atoms with E-state index in [2.05, 4.69) is 0 Å². The van der Waals surface area contributed by atoms with E-state index < -0.39 is 114 Å². The van der Waals surface area contributed by atoms with Gasteiger partial charge < -0.3 is 0 Å². The normalized spacial score (nSPS) is 11.4. The molecule has 0 radical (unpaired) electrons. The van der Waals surface area contributed by atoms with Gasteiger partial charge in [-0.2, -0.15) is 0 Å². The van der Waals surface area contributed by atoms with Crippen LogP contribution < -0.4 is 13.3 Å². The van der Waals surface area contributed by atoms with E-state index in [1.54, 1.807) is 0 Å². The maximum atomic E-state index is 14.8. The highest BCUT2D eigenvalue weighted by Crippen LogP contribution is 2.24. The Kier molecular flexibility index (Phi) is 6.76. The molecule has 13 heteroatoms. The van der Waals surface area contributed by atoms with E-state index in [9.17, 15) is 52.7 Å². The molecule has 0 fully saturated rings. The topological polar surface area (TPSA) is 0 Å². The fourth-order valence-electron chi connectivity index (χ4n) is 3.47. The van der Waals surface area contributed by atoms with Crippen LogP contribution >= 0.6 is 0 Å². The molecule has 0 spiro atoms. The molecule has 180 valence electrons. The molecule has 3 rings (SSSR count). The van der Waals surface area contributed by atoms with E-state index in [1.165, 1.54) is 0 Å². The maximum Gasteiger partial charge on any atom is 0.413 e. The molecule has 0 aliphatic rings. The van der Waals surface area contributed by atoms with Gasteiger partial charge in [-0.15, -0.1) is 0 Å². The molecule has 0 unspecified atom stereocenters. The second-order valence-electron chi connectivity index (χ2n) is 7.32. The van der Waals surface area contributed by atoms with Crippen LogP contribution in [0.1, 0.15) is 16.7 Å². The highest BCUT2D eigenvalue weighted by atomic mass is 27.2. The van der Waals surface area contributed by atoms with E-state index in [-0.39, 0.29) is 0 Å². The summed E-state index contributed by atoms with van der Waals surface area (Å²) in [5.41, 5.74) is -3.89. The number of hydrogen-bond donors (Lipinski definition) is 0. The smallest absolute Gasteiger partial charge is 0.205 e. The Bertz CT molecular complexity index is 1110. The zero-order valence-corrected chi connectivity index (χ0v) is 18.3. The SMILES string of the molecule is Cc1c(F)c(F)[c]([Al]([c]2c(F)c(F)c(C)c(F)c2F)[c]2c(F)c(F)c(C)c(F)c2F)c(F)c1F. The lowest BCUT2D eigenvalue weighted by Crippen LogP contribution is -2.60. The van der Waals surface area contributed by atoms with Crippen molar-refractivity contribution in [1.29, 1.82) is 0 Å². The van der Waals surface area contributed by atoms with Crippen molar-refractivity contribution >= 4 is 27.4 Å². The summed E-state index contributed by atoms with van der Waals surface area (Å²) < 4.78 is 168. The summed E-state index contributed by atoms with van der Waals surface area (Å²) in [5, 5.41) is 0. The Morgan fingerprint density at radius 2 is 0.441 bits per heavy atom. The fraction of sp³-hybridized carbons (Fsp3) is 0.143. The predicted octanol–water partition coefficient (Wildman–Crippen LogP) is 4.80. The molecule has 0 saturated heterocycles. The quantitative estimate of drug-likeness (QED) is 0.267. The third-order valence-corrected chi connectivity index (χ3v) is 8.67. The Balaban J connectivity index is 2.68. The van der Waals surface area contributed by atoms with Gasteiger partial charge in [-0.05, 0) is 34.0 Å². The molecular weight excluding hydrogens is 507 g/mol. The van der Waals surface area contributed by atoms with Crippen LogP contribution in [0.4, 0.5) is 52.7 Å². The largest absolute Gasteiger partial charge is 0.413 e. The molecule has 3 aromatic carbocycles. The summed E-state index contributed by atoms with van der Waals surface area (Å²) in [5.74, 6) is -27.6. The third-order valence-electron chi connectivity index (χ3n) is 5.42. The van der Waals surface area contributed by atoms with Gasteiger partial charge in [-0.25, -0.2) is 52.7 Å². The minimum absolute atomic E-state index is 0.538. The van der Waals surface area contributed by atoms with Crippen LogP contribution in [0.2, 0.25) is 0 Å². The summed E-state index contributed by atoms with van der Waals surface area (Å²) in [4.78, 5) is 0. The van der Waals surface area contributed by atoms with Crippen molar-refractivity contribution in [3.8, 4) is 0 Å². The molecule has 0 aliphatic carbocycles. The number of halogens is 12. The van der Waals surface area contributed by atoms with Crippen molar-refractivity contribution in [3.63, 3.8) is 0 Å². The van der Waals surface area contributed by atoms with Gasteiger partial charge in [0.2, 0.25) is 0 Å². The van der Waals surface area contributed by atoms with Gasteiger partial charge in [0.05, 0.1) is 0 Å². The Morgan fingerprint density at radius 3 is 0.588 bits per heavy atom. The molecule has 3 aromatic rings. The third kappa shape index (κ3) is 3.57. The molecule has 0 bridgehead atoms. The van der Waals surface area contributed by atoms with Gasteiger partial charge in [0, 0.05) is 16.7 Å². The average molecular weight is 516 g/mol. The van der Waals surface area contributed by atoms with Gasteiger partial charge in [0.1, 0.15) is 34.9 Å². The second-order valence-corrected chi connectivity index (χ2v) is 9.91. The molecule has 0 N–H and O–H groups in total. The van der Waals surface area contributed by atoms with E-state index in [0.29, 0.717) is 20.8 Å². The number of hydrogen-bond acceptors (Lipinski definition) is 0. The second kappa shape index (κ2) is 8.85. The van der Waals surface area contributed by atoms with E-state index in [4.69, 9.17) is 0 Å². The lowest BCUT2D eigenvalue weighted by atomic mass is 10.2. The fourth-order valence-corrected chi connectivity index (χ4v) is 6.62. The van der Waals surface area contributed by atoms with Crippen molar-refractivity contribution in [3.05, 3.63) is 86.5 Å². The van der Waals surface area contributed by atoms with Crippen LogP contribution in [-0.2, 0) is 0 Å². The van der Waals surface area contributed by atoms with Crippen LogP contribution in [0, 0.1) is 90.6 Å². The first-order valence-corrected chi connectivity index (χ1v) is 10.9. The van der Waals surface area contributed by atoms with E-state index in [0.717, 1.165) is 0 Å². The van der Waals surface area contributed by atoms with Crippen molar-refractivity contribution < 1.29 is 52.7 Å².